The van der Waals surface area contributed by atoms with Gasteiger partial charge in [0.05, 0.1) is 12.0 Å². The predicted molar refractivity (Wildman–Crippen MR) is 74.7 cm³/mol. The lowest BCUT2D eigenvalue weighted by Gasteiger charge is -2.21. The fourth-order valence-corrected chi connectivity index (χ4v) is 2.64. The molecule has 1 N–H and O–H groups in total. The number of carbonyl (C=O) groups is 2. The number of aromatic nitrogens is 1. The van der Waals surface area contributed by atoms with Crippen LogP contribution >= 0.6 is 23.2 Å². The number of anilines is 1. The lowest BCUT2D eigenvalue weighted by atomic mass is 10.1. The van der Waals surface area contributed by atoms with Crippen molar-refractivity contribution in [2.45, 2.75) is 24.6 Å². The number of hydrogen-bond donors (Lipinski definition) is 1. The lowest BCUT2D eigenvalue weighted by molar-refractivity contribution is -0.137. The summed E-state index contributed by atoms with van der Waals surface area (Å²) >= 11 is 11.9. The minimum absolute atomic E-state index is 0.107. The third-order valence-electron chi connectivity index (χ3n) is 3.35. The molecule has 1 heterocycles. The van der Waals surface area contributed by atoms with Crippen LogP contribution in [-0.2, 0) is 9.59 Å². The molecule has 0 saturated heterocycles. The average Bonchev–Trinajstić information content (AvgIpc) is 2.67. The van der Waals surface area contributed by atoms with Crippen molar-refractivity contribution in [3.8, 4) is 0 Å². The van der Waals surface area contributed by atoms with Gasteiger partial charge in [-0.2, -0.15) is 0 Å². The van der Waals surface area contributed by atoms with Crippen LogP contribution in [0.4, 0.5) is 5.82 Å². The van der Waals surface area contributed by atoms with Gasteiger partial charge in [0.1, 0.15) is 10.1 Å². The summed E-state index contributed by atoms with van der Waals surface area (Å²) in [6.45, 7) is 3.29. The number of halogens is 2. The van der Waals surface area contributed by atoms with Crippen LogP contribution in [0.3, 0.4) is 0 Å². The summed E-state index contributed by atoms with van der Waals surface area (Å²) in [6.07, 6.45) is 0.385. The van der Waals surface area contributed by atoms with E-state index in [4.69, 9.17) is 27.7 Å². The third kappa shape index (κ3) is 2.76. The largest absolute Gasteiger partial charge is 0.360 e. The first-order valence-corrected chi connectivity index (χ1v) is 6.78. The molecule has 1 aliphatic rings. The summed E-state index contributed by atoms with van der Waals surface area (Å²) in [6, 6.07) is 1.59. The zero-order valence-corrected chi connectivity index (χ0v) is 12.9. The summed E-state index contributed by atoms with van der Waals surface area (Å²) < 4.78 is 3.79. The van der Waals surface area contributed by atoms with Crippen molar-refractivity contribution in [1.82, 2.24) is 10.1 Å². The van der Waals surface area contributed by atoms with Gasteiger partial charge >= 0.3 is 0 Å². The molecule has 1 atom stereocenters. The van der Waals surface area contributed by atoms with Gasteiger partial charge < -0.3 is 14.7 Å². The number of amides is 2. The van der Waals surface area contributed by atoms with E-state index >= 15 is 0 Å². The van der Waals surface area contributed by atoms with Crippen molar-refractivity contribution in [2.75, 3.05) is 18.9 Å². The van der Waals surface area contributed by atoms with Gasteiger partial charge in [0.2, 0.25) is 11.8 Å². The van der Waals surface area contributed by atoms with Crippen molar-refractivity contribution >= 4 is 40.8 Å². The van der Waals surface area contributed by atoms with Gasteiger partial charge in [-0.05, 0) is 20.3 Å². The van der Waals surface area contributed by atoms with Gasteiger partial charge in [-0.15, -0.1) is 23.2 Å². The first kappa shape index (κ1) is 15.1. The Bertz CT molecular complexity index is 558. The van der Waals surface area contributed by atoms with Crippen LogP contribution < -0.4 is 5.32 Å². The highest BCUT2D eigenvalue weighted by Gasteiger charge is 2.68. The molecule has 20 heavy (non-hydrogen) atoms. The SMILES string of the molecule is Cc1cc(NC(=O)CN(C)C(=O)C2(C)CC2(Cl)Cl)no1. The maximum Gasteiger partial charge on any atom is 0.245 e. The minimum atomic E-state index is -1.04. The molecule has 0 aromatic carbocycles. The van der Waals surface area contributed by atoms with Crippen molar-refractivity contribution in [1.29, 1.82) is 0 Å². The number of rotatable bonds is 4. The summed E-state index contributed by atoms with van der Waals surface area (Å²) in [5.41, 5.74) is -0.824. The standard InChI is InChI=1S/C12H15Cl2N3O3/c1-7-4-8(16-20-7)15-9(18)5-17(3)10(19)11(2)6-12(11,13)14/h4H,5-6H2,1-3H3,(H,15,16,18). The Kier molecular flexibility index (Phi) is 3.73. The van der Waals surface area contributed by atoms with E-state index in [-0.39, 0.29) is 18.4 Å². The Balaban J connectivity index is 1.90. The van der Waals surface area contributed by atoms with Gasteiger partial charge in [-0.25, -0.2) is 0 Å². The molecule has 2 amide bonds. The van der Waals surface area contributed by atoms with Gasteiger partial charge in [0.25, 0.3) is 0 Å². The third-order valence-corrected chi connectivity index (χ3v) is 4.45. The fraction of sp³-hybridized carbons (Fsp3) is 0.583. The number of aryl methyl sites for hydroxylation is 1. The van der Waals surface area contributed by atoms with E-state index in [1.165, 1.54) is 11.9 Å². The molecule has 1 aromatic rings. The first-order chi connectivity index (χ1) is 9.15. The topological polar surface area (TPSA) is 75.4 Å². The molecule has 1 fully saturated rings. The molecule has 2 rings (SSSR count). The first-order valence-electron chi connectivity index (χ1n) is 6.02. The van der Waals surface area contributed by atoms with E-state index in [1.54, 1.807) is 19.9 Å². The number of nitrogens with one attached hydrogen (secondary N) is 1. The predicted octanol–water partition coefficient (Wildman–Crippen LogP) is 1.96. The van der Waals surface area contributed by atoms with Crippen LogP contribution in [-0.4, -0.2) is 39.8 Å². The van der Waals surface area contributed by atoms with E-state index in [1.807, 2.05) is 0 Å². The van der Waals surface area contributed by atoms with Crippen molar-refractivity contribution in [3.63, 3.8) is 0 Å². The van der Waals surface area contributed by atoms with Crippen molar-refractivity contribution in [3.05, 3.63) is 11.8 Å². The number of likely N-dealkylation sites (N-methyl/N-ethyl adjacent to an activating group) is 1. The molecule has 1 unspecified atom stereocenters. The average molecular weight is 320 g/mol. The molecule has 0 aliphatic heterocycles. The molecule has 0 bridgehead atoms. The maximum absolute atomic E-state index is 12.2. The Morgan fingerprint density at radius 3 is 2.60 bits per heavy atom. The van der Waals surface area contributed by atoms with Gasteiger partial charge in [-0.1, -0.05) is 5.16 Å². The molecule has 6 nitrogen and oxygen atoms in total. The quantitative estimate of drug-likeness (QED) is 0.861. The summed E-state index contributed by atoms with van der Waals surface area (Å²) in [5, 5.41) is 6.18. The zero-order chi connectivity index (χ0) is 15.1. The molecule has 1 aromatic heterocycles. The molecule has 110 valence electrons. The van der Waals surface area contributed by atoms with Gasteiger partial charge in [0.15, 0.2) is 5.82 Å². The highest BCUT2D eigenvalue weighted by molar-refractivity contribution is 6.53. The van der Waals surface area contributed by atoms with Crippen LogP contribution in [0.15, 0.2) is 10.6 Å². The second-order valence-corrected chi connectivity index (χ2v) is 6.73. The Morgan fingerprint density at radius 2 is 2.15 bits per heavy atom. The number of alkyl halides is 2. The maximum atomic E-state index is 12.2. The van der Waals surface area contributed by atoms with Crippen LogP contribution in [0.25, 0.3) is 0 Å². The second kappa shape index (κ2) is 4.93. The normalized spacial score (nSPS) is 23.2. The molecule has 0 radical (unpaired) electrons. The van der Waals surface area contributed by atoms with E-state index in [0.717, 1.165) is 0 Å². The van der Waals surface area contributed by atoms with E-state index in [0.29, 0.717) is 18.0 Å². The number of carbonyl (C=O) groups excluding carboxylic acids is 2. The second-order valence-electron chi connectivity index (χ2n) is 5.25. The molecular weight excluding hydrogens is 305 g/mol. The summed E-state index contributed by atoms with van der Waals surface area (Å²) in [4.78, 5) is 25.3. The van der Waals surface area contributed by atoms with E-state index < -0.39 is 9.75 Å². The number of nitrogens with zero attached hydrogens (tertiary/aromatic N) is 2. The van der Waals surface area contributed by atoms with Crippen molar-refractivity contribution < 1.29 is 14.1 Å². The smallest absolute Gasteiger partial charge is 0.245 e. The molecular formula is C12H15Cl2N3O3. The molecule has 0 spiro atoms. The van der Waals surface area contributed by atoms with Crippen LogP contribution in [0.5, 0.6) is 0 Å². The van der Waals surface area contributed by atoms with E-state index in [9.17, 15) is 9.59 Å². The molecule has 1 saturated carbocycles. The van der Waals surface area contributed by atoms with Crippen LogP contribution in [0.2, 0.25) is 0 Å². The van der Waals surface area contributed by atoms with E-state index in [2.05, 4.69) is 10.5 Å². The van der Waals surface area contributed by atoms with Gasteiger partial charge in [0, 0.05) is 13.1 Å². The highest BCUT2D eigenvalue weighted by atomic mass is 35.5. The van der Waals surface area contributed by atoms with Crippen molar-refractivity contribution in [2.24, 2.45) is 5.41 Å². The van der Waals surface area contributed by atoms with Gasteiger partial charge in [-0.3, -0.25) is 9.59 Å². The summed E-state index contributed by atoms with van der Waals surface area (Å²) in [7, 11) is 1.53. The highest BCUT2D eigenvalue weighted by Crippen LogP contribution is 2.64. The zero-order valence-electron chi connectivity index (χ0n) is 11.4. The summed E-state index contributed by atoms with van der Waals surface area (Å²) in [5.74, 6) is 0.279. The van der Waals surface area contributed by atoms with Crippen LogP contribution in [0.1, 0.15) is 19.1 Å². The Morgan fingerprint density at radius 1 is 1.55 bits per heavy atom. The lowest BCUT2D eigenvalue weighted by Crippen LogP contribution is -2.40. The molecule has 8 heteroatoms. The molecule has 1 aliphatic carbocycles. The fourth-order valence-electron chi connectivity index (χ4n) is 1.95. The minimum Gasteiger partial charge on any atom is -0.360 e. The Labute approximate surface area is 126 Å². The Hall–Kier alpha value is -1.27. The van der Waals surface area contributed by atoms with Crippen LogP contribution in [0, 0.1) is 12.3 Å². The monoisotopic (exact) mass is 319 g/mol. The number of hydrogen-bond acceptors (Lipinski definition) is 4.